The van der Waals surface area contributed by atoms with Gasteiger partial charge >= 0.3 is 6.16 Å². The van der Waals surface area contributed by atoms with Crippen molar-refractivity contribution in [1.29, 1.82) is 0 Å². The highest BCUT2D eigenvalue weighted by Gasteiger charge is 2.28. The summed E-state index contributed by atoms with van der Waals surface area (Å²) in [7, 11) is 0. The summed E-state index contributed by atoms with van der Waals surface area (Å²) in [5.41, 5.74) is 0. The van der Waals surface area contributed by atoms with Gasteiger partial charge in [-0.1, -0.05) is 27.2 Å². The van der Waals surface area contributed by atoms with Crippen LogP contribution in [-0.4, -0.2) is 40.8 Å². The lowest BCUT2D eigenvalue weighted by molar-refractivity contribution is 0.0266. The number of aliphatic hydroxyl groups excluding tert-OH is 2. The fourth-order valence-corrected chi connectivity index (χ4v) is 2.28. The van der Waals surface area contributed by atoms with Gasteiger partial charge in [-0.05, 0) is 30.6 Å². The molecule has 0 spiro atoms. The maximum atomic E-state index is 9.71. The standard InChI is InChI=1S/C10H20O.C3H6O4/c1-7(2)9-5-4-8(3)6-10(9)11;4-1-2-7-3(5)6/h7-11H,4-6H2,1-3H3;4H,1-2H2,(H,5,6). The monoisotopic (exact) mass is 262 g/mol. The molecule has 1 rings (SSSR count). The van der Waals surface area contributed by atoms with E-state index < -0.39 is 6.16 Å². The van der Waals surface area contributed by atoms with Gasteiger partial charge in [0.15, 0.2) is 0 Å². The van der Waals surface area contributed by atoms with Crippen LogP contribution in [0.25, 0.3) is 0 Å². The Morgan fingerprint density at radius 1 is 1.39 bits per heavy atom. The largest absolute Gasteiger partial charge is 0.505 e. The molecule has 3 N–H and O–H groups in total. The Bertz CT molecular complexity index is 229. The predicted molar refractivity (Wildman–Crippen MR) is 68.4 cm³/mol. The highest BCUT2D eigenvalue weighted by Crippen LogP contribution is 2.33. The van der Waals surface area contributed by atoms with Crippen LogP contribution in [0.3, 0.4) is 0 Å². The van der Waals surface area contributed by atoms with Gasteiger partial charge in [-0.3, -0.25) is 0 Å². The smallest absolute Gasteiger partial charge is 0.450 e. The molecule has 1 aliphatic carbocycles. The van der Waals surface area contributed by atoms with Gasteiger partial charge in [0.05, 0.1) is 12.7 Å². The maximum Gasteiger partial charge on any atom is 0.505 e. The van der Waals surface area contributed by atoms with Crippen LogP contribution >= 0.6 is 0 Å². The predicted octanol–water partition coefficient (Wildman–Crippen LogP) is 2.11. The second-order valence-corrected chi connectivity index (χ2v) is 5.23. The Morgan fingerprint density at radius 3 is 2.33 bits per heavy atom. The molecule has 0 heterocycles. The van der Waals surface area contributed by atoms with Gasteiger partial charge in [-0.15, -0.1) is 0 Å². The Labute approximate surface area is 109 Å². The van der Waals surface area contributed by atoms with E-state index in [1.807, 2.05) is 0 Å². The third-order valence-corrected chi connectivity index (χ3v) is 3.30. The molecule has 108 valence electrons. The van der Waals surface area contributed by atoms with Gasteiger partial charge in [0.2, 0.25) is 0 Å². The quantitative estimate of drug-likeness (QED) is 0.678. The van der Waals surface area contributed by atoms with Crippen molar-refractivity contribution in [3.8, 4) is 0 Å². The summed E-state index contributed by atoms with van der Waals surface area (Å²) in [4.78, 5) is 9.42. The van der Waals surface area contributed by atoms with Crippen LogP contribution in [0.2, 0.25) is 0 Å². The molecule has 0 bridgehead atoms. The molecular weight excluding hydrogens is 236 g/mol. The van der Waals surface area contributed by atoms with E-state index in [9.17, 15) is 9.90 Å². The number of hydrogen-bond acceptors (Lipinski definition) is 4. The number of carbonyl (C=O) groups is 1. The molecule has 0 aromatic heterocycles. The Kier molecular flexibility index (Phi) is 8.75. The summed E-state index contributed by atoms with van der Waals surface area (Å²) in [6.45, 7) is 6.26. The van der Waals surface area contributed by atoms with Crippen LogP contribution in [0.15, 0.2) is 0 Å². The average Bonchev–Trinajstić information content (AvgIpc) is 2.26. The summed E-state index contributed by atoms with van der Waals surface area (Å²) >= 11 is 0. The minimum atomic E-state index is -1.35. The molecule has 5 nitrogen and oxygen atoms in total. The van der Waals surface area contributed by atoms with Crippen molar-refractivity contribution in [2.45, 2.75) is 46.1 Å². The van der Waals surface area contributed by atoms with Crippen molar-refractivity contribution in [1.82, 2.24) is 0 Å². The van der Waals surface area contributed by atoms with E-state index >= 15 is 0 Å². The van der Waals surface area contributed by atoms with E-state index in [2.05, 4.69) is 25.5 Å². The molecule has 0 amide bonds. The molecule has 18 heavy (non-hydrogen) atoms. The van der Waals surface area contributed by atoms with Crippen molar-refractivity contribution >= 4 is 6.16 Å². The zero-order valence-corrected chi connectivity index (χ0v) is 11.5. The Morgan fingerprint density at radius 2 is 2.00 bits per heavy atom. The lowest BCUT2D eigenvalue weighted by Crippen LogP contribution is -2.31. The molecule has 0 radical (unpaired) electrons. The Hall–Kier alpha value is -0.810. The first-order chi connectivity index (χ1) is 8.38. The van der Waals surface area contributed by atoms with E-state index in [-0.39, 0.29) is 19.3 Å². The van der Waals surface area contributed by atoms with Crippen molar-refractivity contribution in [2.24, 2.45) is 17.8 Å². The SMILES string of the molecule is CC1CCC(C(C)C)C(O)C1.O=C(O)OCCO. The molecule has 5 heteroatoms. The van der Waals surface area contributed by atoms with E-state index in [4.69, 9.17) is 10.2 Å². The molecular formula is C13H26O5. The molecule has 0 aromatic carbocycles. The molecule has 0 aliphatic heterocycles. The van der Waals surface area contributed by atoms with Crippen LogP contribution < -0.4 is 0 Å². The van der Waals surface area contributed by atoms with Crippen LogP contribution in [-0.2, 0) is 4.74 Å². The maximum absolute atomic E-state index is 9.71. The van der Waals surface area contributed by atoms with Crippen molar-refractivity contribution in [3.63, 3.8) is 0 Å². The first-order valence-electron chi connectivity index (χ1n) is 6.53. The fourth-order valence-electron chi connectivity index (χ4n) is 2.28. The van der Waals surface area contributed by atoms with E-state index in [1.165, 1.54) is 12.8 Å². The molecule has 0 aromatic rings. The van der Waals surface area contributed by atoms with Crippen molar-refractivity contribution < 1.29 is 24.9 Å². The van der Waals surface area contributed by atoms with Gasteiger partial charge in [0, 0.05) is 0 Å². The zero-order chi connectivity index (χ0) is 14.1. The van der Waals surface area contributed by atoms with Crippen molar-refractivity contribution in [3.05, 3.63) is 0 Å². The Balaban J connectivity index is 0.000000360. The topological polar surface area (TPSA) is 87.0 Å². The number of hydrogen-bond donors (Lipinski definition) is 3. The fraction of sp³-hybridized carbons (Fsp3) is 0.923. The zero-order valence-electron chi connectivity index (χ0n) is 11.5. The first-order valence-corrected chi connectivity index (χ1v) is 6.53. The molecule has 3 unspecified atom stereocenters. The van der Waals surface area contributed by atoms with Gasteiger partial charge in [-0.2, -0.15) is 0 Å². The number of rotatable bonds is 3. The van der Waals surface area contributed by atoms with Crippen molar-refractivity contribution in [2.75, 3.05) is 13.2 Å². The number of ether oxygens (including phenoxy) is 1. The minimum Gasteiger partial charge on any atom is -0.450 e. The highest BCUT2D eigenvalue weighted by atomic mass is 16.7. The molecule has 1 fully saturated rings. The van der Waals surface area contributed by atoms with Crippen LogP contribution in [0, 0.1) is 17.8 Å². The van der Waals surface area contributed by atoms with Crippen LogP contribution in [0.4, 0.5) is 4.79 Å². The van der Waals surface area contributed by atoms with Gasteiger partial charge in [0.25, 0.3) is 0 Å². The molecule has 3 atom stereocenters. The third-order valence-electron chi connectivity index (χ3n) is 3.30. The third kappa shape index (κ3) is 7.50. The molecule has 1 aliphatic rings. The summed E-state index contributed by atoms with van der Waals surface area (Å²) in [6, 6.07) is 0. The number of aliphatic hydroxyl groups is 2. The van der Waals surface area contributed by atoms with E-state index in [0.29, 0.717) is 11.8 Å². The first kappa shape index (κ1) is 17.2. The summed E-state index contributed by atoms with van der Waals surface area (Å²) < 4.78 is 3.86. The van der Waals surface area contributed by atoms with Crippen LogP contribution in [0.1, 0.15) is 40.0 Å². The van der Waals surface area contributed by atoms with Gasteiger partial charge < -0.3 is 20.1 Å². The summed E-state index contributed by atoms with van der Waals surface area (Å²) in [6.07, 6.45) is 2.16. The summed E-state index contributed by atoms with van der Waals surface area (Å²) in [5.74, 6) is 1.95. The highest BCUT2D eigenvalue weighted by molar-refractivity contribution is 5.56. The van der Waals surface area contributed by atoms with Gasteiger partial charge in [0.1, 0.15) is 6.61 Å². The lowest BCUT2D eigenvalue weighted by atomic mass is 9.75. The lowest BCUT2D eigenvalue weighted by Gasteiger charge is -2.33. The second-order valence-electron chi connectivity index (χ2n) is 5.23. The van der Waals surface area contributed by atoms with E-state index in [1.54, 1.807) is 0 Å². The summed E-state index contributed by atoms with van der Waals surface area (Å²) in [5, 5.41) is 25.3. The normalized spacial score (nSPS) is 27.3. The second kappa shape index (κ2) is 9.16. The van der Waals surface area contributed by atoms with Crippen LogP contribution in [0.5, 0.6) is 0 Å². The number of carboxylic acid groups (broad SMARTS) is 1. The molecule has 1 saturated carbocycles. The minimum absolute atomic E-state index is 0.0289. The van der Waals surface area contributed by atoms with Gasteiger partial charge in [-0.25, -0.2) is 4.79 Å². The average molecular weight is 262 g/mol. The molecule has 0 saturated heterocycles. The van der Waals surface area contributed by atoms with E-state index in [0.717, 1.165) is 12.3 Å².